The van der Waals surface area contributed by atoms with Crippen LogP contribution in [-0.4, -0.2) is 23.1 Å². The number of hydrogen-bond donors (Lipinski definition) is 1. The highest BCUT2D eigenvalue weighted by Crippen LogP contribution is 2.30. The number of alkyl halides is 6. The molecule has 2 heterocycles. The number of unbranched alkanes of at least 4 members (excludes halogenated alkanes) is 2. The lowest BCUT2D eigenvalue weighted by Crippen LogP contribution is -2.15. The number of nitrogens with zero attached hydrogens (tertiary/aromatic N) is 2. The van der Waals surface area contributed by atoms with Crippen LogP contribution in [0.25, 0.3) is 24.3 Å². The Bertz CT molecular complexity index is 1360. The highest BCUT2D eigenvalue weighted by atomic mass is 19.4. The molecule has 0 aliphatic rings. The van der Waals surface area contributed by atoms with E-state index in [0.717, 1.165) is 55.8 Å². The minimum atomic E-state index is -4.37. The van der Waals surface area contributed by atoms with Crippen LogP contribution < -0.4 is 5.32 Å². The summed E-state index contributed by atoms with van der Waals surface area (Å²) >= 11 is 0. The minimum absolute atomic E-state index is 0.289. The van der Waals surface area contributed by atoms with Crippen LogP contribution in [0, 0.1) is 0 Å². The van der Waals surface area contributed by atoms with E-state index in [4.69, 9.17) is 13.6 Å². The normalized spacial score (nSPS) is 12.6. The molecule has 4 rings (SSSR count). The van der Waals surface area contributed by atoms with Gasteiger partial charge in [-0.25, -0.2) is 9.97 Å². The van der Waals surface area contributed by atoms with E-state index in [2.05, 4.69) is 15.3 Å². The van der Waals surface area contributed by atoms with Gasteiger partial charge in [0.2, 0.25) is 11.8 Å². The summed E-state index contributed by atoms with van der Waals surface area (Å²) in [7, 11) is 0. The van der Waals surface area contributed by atoms with Crippen molar-refractivity contribution in [3.8, 4) is 0 Å². The summed E-state index contributed by atoms with van der Waals surface area (Å²) in [6.45, 7) is 2.15. The first kappa shape index (κ1) is 31.8. The molecular weight excluding hydrogens is 576 g/mol. The van der Waals surface area contributed by atoms with Crippen molar-refractivity contribution < 1.29 is 39.9 Å². The molecule has 0 fully saturated rings. The van der Waals surface area contributed by atoms with Gasteiger partial charge in [-0.15, -0.1) is 0 Å². The third-order valence-electron chi connectivity index (χ3n) is 6.15. The second-order valence-electron chi connectivity index (χ2n) is 9.55. The fourth-order valence-corrected chi connectivity index (χ4v) is 3.87. The molecule has 228 valence electrons. The maximum Gasteiger partial charge on any atom is 0.416 e. The predicted octanol–water partition coefficient (Wildman–Crippen LogP) is 8.52. The molecule has 0 saturated carbocycles. The van der Waals surface area contributed by atoms with E-state index in [-0.39, 0.29) is 6.61 Å². The Kier molecular flexibility index (Phi) is 11.0. The van der Waals surface area contributed by atoms with Gasteiger partial charge in [0, 0.05) is 25.3 Å². The Morgan fingerprint density at radius 2 is 1.16 bits per heavy atom. The SMILES string of the molecule is FC(F)(F)c1ccc(/C=C/c2nc(CNCCCCCOCc3coc(/C=C/c4ccc(C(F)(F)F)cc4)n3)co2)cc1. The Morgan fingerprint density at radius 3 is 1.70 bits per heavy atom. The molecule has 2 aromatic carbocycles. The van der Waals surface area contributed by atoms with Crippen LogP contribution in [0.5, 0.6) is 0 Å². The maximum absolute atomic E-state index is 12.7. The first-order chi connectivity index (χ1) is 20.6. The molecule has 4 aromatic rings. The molecule has 0 amide bonds. The van der Waals surface area contributed by atoms with Gasteiger partial charge in [-0.2, -0.15) is 26.3 Å². The van der Waals surface area contributed by atoms with Gasteiger partial charge in [0.25, 0.3) is 0 Å². The number of rotatable bonds is 14. The number of benzene rings is 2. The zero-order valence-electron chi connectivity index (χ0n) is 22.9. The molecule has 0 aliphatic carbocycles. The smallest absolute Gasteiger partial charge is 0.416 e. The van der Waals surface area contributed by atoms with Crippen LogP contribution >= 0.6 is 0 Å². The first-order valence-electron chi connectivity index (χ1n) is 13.4. The third-order valence-corrected chi connectivity index (χ3v) is 6.15. The van der Waals surface area contributed by atoms with Gasteiger partial charge in [-0.05, 0) is 73.4 Å². The molecule has 43 heavy (non-hydrogen) atoms. The van der Waals surface area contributed by atoms with Gasteiger partial charge in [0.15, 0.2) is 0 Å². The van der Waals surface area contributed by atoms with Gasteiger partial charge in [0.1, 0.15) is 18.2 Å². The number of nitrogens with one attached hydrogen (secondary N) is 1. The van der Waals surface area contributed by atoms with Crippen LogP contribution in [0.3, 0.4) is 0 Å². The van der Waals surface area contributed by atoms with E-state index in [1.807, 2.05) is 0 Å². The second-order valence-corrected chi connectivity index (χ2v) is 9.55. The van der Waals surface area contributed by atoms with Crippen molar-refractivity contribution in [2.75, 3.05) is 13.2 Å². The largest absolute Gasteiger partial charge is 0.445 e. The van der Waals surface area contributed by atoms with Gasteiger partial charge >= 0.3 is 12.4 Å². The van der Waals surface area contributed by atoms with Crippen LogP contribution in [0.15, 0.2) is 69.9 Å². The van der Waals surface area contributed by atoms with Crippen LogP contribution in [0.1, 0.15) is 64.7 Å². The average Bonchev–Trinajstić information content (AvgIpc) is 3.63. The molecule has 0 aliphatic heterocycles. The van der Waals surface area contributed by atoms with Gasteiger partial charge < -0.3 is 18.9 Å². The van der Waals surface area contributed by atoms with Crippen molar-refractivity contribution in [1.82, 2.24) is 15.3 Å². The number of hydrogen-bond acceptors (Lipinski definition) is 6. The lowest BCUT2D eigenvalue weighted by Gasteiger charge is -2.05. The highest BCUT2D eigenvalue weighted by molar-refractivity contribution is 5.66. The number of ether oxygens (including phenoxy) is 1. The summed E-state index contributed by atoms with van der Waals surface area (Å²) in [5.41, 5.74) is 1.14. The van der Waals surface area contributed by atoms with E-state index >= 15 is 0 Å². The quantitative estimate of drug-likeness (QED) is 0.115. The van der Waals surface area contributed by atoms with E-state index < -0.39 is 23.5 Å². The van der Waals surface area contributed by atoms with E-state index in [0.29, 0.717) is 41.8 Å². The fourth-order valence-electron chi connectivity index (χ4n) is 3.87. The van der Waals surface area contributed by atoms with Crippen molar-refractivity contribution >= 4 is 24.3 Å². The number of halogens is 6. The van der Waals surface area contributed by atoms with E-state index in [1.54, 1.807) is 24.3 Å². The summed E-state index contributed by atoms with van der Waals surface area (Å²) in [5, 5.41) is 3.29. The molecular formula is C31H29F6N3O3. The lowest BCUT2D eigenvalue weighted by molar-refractivity contribution is -0.138. The molecule has 0 atom stereocenters. The molecule has 0 radical (unpaired) electrons. The topological polar surface area (TPSA) is 73.3 Å². The molecule has 1 N–H and O–H groups in total. The Hall–Kier alpha value is -4.16. The van der Waals surface area contributed by atoms with Crippen LogP contribution in [-0.2, 0) is 30.2 Å². The highest BCUT2D eigenvalue weighted by Gasteiger charge is 2.30. The molecule has 12 heteroatoms. The lowest BCUT2D eigenvalue weighted by atomic mass is 10.1. The molecule has 6 nitrogen and oxygen atoms in total. The summed E-state index contributed by atoms with van der Waals surface area (Å²) in [4.78, 5) is 8.62. The van der Waals surface area contributed by atoms with Crippen molar-refractivity contribution in [3.63, 3.8) is 0 Å². The summed E-state index contributed by atoms with van der Waals surface area (Å²) in [6, 6.07) is 9.63. The maximum atomic E-state index is 12.7. The number of aromatic nitrogens is 2. The monoisotopic (exact) mass is 605 g/mol. The Labute approximate surface area is 244 Å². The minimum Gasteiger partial charge on any atom is -0.445 e. The van der Waals surface area contributed by atoms with Gasteiger partial charge in [-0.1, -0.05) is 24.3 Å². The van der Waals surface area contributed by atoms with Crippen molar-refractivity contribution in [2.45, 2.75) is 44.8 Å². The van der Waals surface area contributed by atoms with Crippen LogP contribution in [0.2, 0.25) is 0 Å². The van der Waals surface area contributed by atoms with E-state index in [9.17, 15) is 26.3 Å². The van der Waals surface area contributed by atoms with Crippen molar-refractivity contribution in [2.24, 2.45) is 0 Å². The predicted molar refractivity (Wildman–Crippen MR) is 149 cm³/mol. The second kappa shape index (κ2) is 14.8. The molecule has 0 unspecified atom stereocenters. The van der Waals surface area contributed by atoms with Crippen molar-refractivity contribution in [1.29, 1.82) is 0 Å². The zero-order valence-corrected chi connectivity index (χ0v) is 22.9. The fraction of sp³-hybridized carbons (Fsp3) is 0.290. The molecule has 0 saturated heterocycles. The summed E-state index contributed by atoms with van der Waals surface area (Å²) in [5.74, 6) is 0.697. The Balaban J connectivity index is 1.05. The zero-order chi connectivity index (χ0) is 30.7. The molecule has 0 spiro atoms. The van der Waals surface area contributed by atoms with Crippen LogP contribution in [0.4, 0.5) is 26.3 Å². The first-order valence-corrected chi connectivity index (χ1v) is 13.4. The van der Waals surface area contributed by atoms with Gasteiger partial charge in [-0.3, -0.25) is 0 Å². The summed E-state index contributed by atoms with van der Waals surface area (Å²) < 4.78 is 92.3. The summed E-state index contributed by atoms with van der Waals surface area (Å²) in [6.07, 6.45) is 3.48. The van der Waals surface area contributed by atoms with E-state index in [1.165, 1.54) is 36.8 Å². The average molecular weight is 606 g/mol. The number of oxazole rings is 2. The standard InChI is InChI=1S/C31H29F6N3O3/c32-30(33,34)24-10-4-22(5-11-24)8-14-28-39-26(20-42-28)18-38-16-2-1-3-17-41-19-27-21-43-29(40-27)15-9-23-6-12-25(13-7-23)31(35,36)37/h4-15,20-21,38H,1-3,16-19H2/b14-8+,15-9+. The molecule has 2 aromatic heterocycles. The third kappa shape index (κ3) is 10.6. The molecule has 0 bridgehead atoms. The Morgan fingerprint density at radius 1 is 0.651 bits per heavy atom. The van der Waals surface area contributed by atoms with Gasteiger partial charge in [0.05, 0.1) is 23.4 Å². The van der Waals surface area contributed by atoms with Crippen molar-refractivity contribution in [3.05, 3.63) is 106 Å².